The average Bonchev–Trinajstić information content (AvgIpc) is 2.50. The largest absolute Gasteiger partial charge is 0.507 e. The van der Waals surface area contributed by atoms with Crippen LogP contribution in [0.1, 0.15) is 24.8 Å². The fraction of sp³-hybridized carbons (Fsp3) is 0.308. The fourth-order valence-corrected chi connectivity index (χ4v) is 2.53. The molecule has 1 aliphatic heterocycles. The van der Waals surface area contributed by atoms with Crippen LogP contribution >= 0.6 is 11.6 Å². The molecule has 0 amide bonds. The van der Waals surface area contributed by atoms with E-state index in [2.05, 4.69) is 0 Å². The summed E-state index contributed by atoms with van der Waals surface area (Å²) in [6.45, 7) is 0. The molecule has 0 bridgehead atoms. The highest BCUT2D eigenvalue weighted by Gasteiger charge is 2.52. The number of hydrogen-bond acceptors (Lipinski definition) is 3. The molecule has 1 aromatic carbocycles. The molecule has 0 atom stereocenters. The molecule has 0 aromatic heterocycles. The molecular formula is C13H11ClO3. The van der Waals surface area contributed by atoms with Crippen LogP contribution in [0.4, 0.5) is 0 Å². The predicted octanol–water partition coefficient (Wildman–Crippen LogP) is 3.09. The van der Waals surface area contributed by atoms with E-state index in [1.807, 2.05) is 0 Å². The second kappa shape index (κ2) is 3.50. The van der Waals surface area contributed by atoms with Gasteiger partial charge in [-0.2, -0.15) is 0 Å². The van der Waals surface area contributed by atoms with Gasteiger partial charge in [0.15, 0.2) is 11.4 Å². The summed E-state index contributed by atoms with van der Waals surface area (Å²) in [4.78, 5) is 11.8. The van der Waals surface area contributed by atoms with Gasteiger partial charge in [0.2, 0.25) is 0 Å². The van der Waals surface area contributed by atoms with E-state index in [4.69, 9.17) is 16.3 Å². The Kier molecular flexibility index (Phi) is 2.20. The van der Waals surface area contributed by atoms with Gasteiger partial charge in [-0.3, -0.25) is 0 Å². The number of esters is 1. The number of halogens is 1. The van der Waals surface area contributed by atoms with Gasteiger partial charge in [0, 0.05) is 5.02 Å². The highest BCUT2D eigenvalue weighted by molar-refractivity contribution is 6.31. The smallest absolute Gasteiger partial charge is 0.343 e. The summed E-state index contributed by atoms with van der Waals surface area (Å²) in [5, 5.41) is 10.7. The Hall–Kier alpha value is -1.48. The van der Waals surface area contributed by atoms with Crippen molar-refractivity contribution >= 4 is 23.1 Å². The molecule has 1 aromatic rings. The normalized spacial score (nSPS) is 21.6. The summed E-state index contributed by atoms with van der Waals surface area (Å²) in [6, 6.07) is 6.88. The van der Waals surface area contributed by atoms with Crippen LogP contribution in [0.3, 0.4) is 0 Å². The molecule has 3 rings (SSSR count). The van der Waals surface area contributed by atoms with E-state index in [9.17, 15) is 9.90 Å². The Morgan fingerprint density at radius 2 is 2.12 bits per heavy atom. The fourth-order valence-electron chi connectivity index (χ4n) is 2.34. The molecule has 17 heavy (non-hydrogen) atoms. The molecule has 4 heteroatoms. The summed E-state index contributed by atoms with van der Waals surface area (Å²) < 4.78 is 5.30. The lowest BCUT2D eigenvalue weighted by Crippen LogP contribution is -2.39. The first-order valence-corrected chi connectivity index (χ1v) is 5.93. The van der Waals surface area contributed by atoms with Crippen molar-refractivity contribution < 1.29 is 14.6 Å². The van der Waals surface area contributed by atoms with Crippen LogP contribution in [0, 0.1) is 0 Å². The first-order valence-electron chi connectivity index (χ1n) is 5.55. The van der Waals surface area contributed by atoms with Crippen molar-refractivity contribution in [1.82, 2.24) is 0 Å². The molecule has 1 spiro atoms. The molecular weight excluding hydrogens is 240 g/mol. The van der Waals surface area contributed by atoms with Gasteiger partial charge < -0.3 is 9.84 Å². The Morgan fingerprint density at radius 1 is 1.35 bits per heavy atom. The highest BCUT2D eigenvalue weighted by atomic mass is 35.5. The summed E-state index contributed by atoms with van der Waals surface area (Å²) in [7, 11) is 0. The Morgan fingerprint density at radius 3 is 2.65 bits per heavy atom. The van der Waals surface area contributed by atoms with E-state index in [1.165, 1.54) is 0 Å². The predicted molar refractivity (Wildman–Crippen MR) is 63.7 cm³/mol. The maximum atomic E-state index is 11.8. The molecule has 0 saturated heterocycles. The van der Waals surface area contributed by atoms with Crippen molar-refractivity contribution in [2.24, 2.45) is 0 Å². The van der Waals surface area contributed by atoms with E-state index >= 15 is 0 Å². The molecule has 1 saturated carbocycles. The topological polar surface area (TPSA) is 46.5 Å². The molecule has 1 fully saturated rings. The van der Waals surface area contributed by atoms with E-state index in [0.717, 1.165) is 6.42 Å². The molecule has 88 valence electrons. The first-order chi connectivity index (χ1) is 8.12. The molecule has 1 aliphatic carbocycles. The van der Waals surface area contributed by atoms with Gasteiger partial charge in [-0.15, -0.1) is 0 Å². The van der Waals surface area contributed by atoms with Crippen LogP contribution in [0.5, 0.6) is 0 Å². The van der Waals surface area contributed by atoms with Crippen LogP contribution in [-0.4, -0.2) is 16.7 Å². The van der Waals surface area contributed by atoms with Crippen molar-refractivity contribution in [3.05, 3.63) is 40.6 Å². The average molecular weight is 251 g/mol. The minimum atomic E-state index is -0.741. The highest BCUT2D eigenvalue weighted by Crippen LogP contribution is 2.48. The summed E-state index contributed by atoms with van der Waals surface area (Å²) in [6.07, 6.45) is 2.38. The number of hydrogen-bond donors (Lipinski definition) is 1. The van der Waals surface area contributed by atoms with Crippen LogP contribution in [-0.2, 0) is 9.53 Å². The van der Waals surface area contributed by atoms with Crippen molar-refractivity contribution in [1.29, 1.82) is 0 Å². The van der Waals surface area contributed by atoms with E-state index < -0.39 is 11.6 Å². The summed E-state index contributed by atoms with van der Waals surface area (Å²) in [5.74, 6) is -0.388. The number of carbonyl (C=O) groups is 1. The van der Waals surface area contributed by atoms with Crippen LogP contribution < -0.4 is 0 Å². The van der Waals surface area contributed by atoms with E-state index in [1.54, 1.807) is 24.3 Å². The molecule has 1 heterocycles. The summed E-state index contributed by atoms with van der Waals surface area (Å²) in [5.41, 5.74) is 0.130. The van der Waals surface area contributed by atoms with Gasteiger partial charge in [0.05, 0.1) is 0 Å². The Balaban J connectivity index is 2.10. The lowest BCUT2D eigenvalue weighted by Gasteiger charge is -2.36. The SMILES string of the molecule is O=C1OC2(CCC2)C(O)=C1c1cccc(Cl)c1. The first kappa shape index (κ1) is 10.7. The molecule has 0 unspecified atom stereocenters. The second-order valence-corrected chi connectivity index (χ2v) is 4.91. The van der Waals surface area contributed by atoms with Gasteiger partial charge in [0.1, 0.15) is 5.57 Å². The number of rotatable bonds is 1. The number of ether oxygens (including phenoxy) is 1. The van der Waals surface area contributed by atoms with E-state index in [0.29, 0.717) is 23.4 Å². The monoisotopic (exact) mass is 250 g/mol. The van der Waals surface area contributed by atoms with Gasteiger partial charge in [-0.05, 0) is 37.0 Å². The van der Waals surface area contributed by atoms with Gasteiger partial charge in [0.25, 0.3) is 0 Å². The molecule has 2 aliphatic rings. The third-order valence-corrected chi connectivity index (χ3v) is 3.67. The Bertz CT molecular complexity index is 529. The van der Waals surface area contributed by atoms with Crippen molar-refractivity contribution in [3.63, 3.8) is 0 Å². The summed E-state index contributed by atoms with van der Waals surface area (Å²) >= 11 is 5.88. The number of benzene rings is 1. The van der Waals surface area contributed by atoms with Crippen LogP contribution in [0.15, 0.2) is 30.0 Å². The lowest BCUT2D eigenvalue weighted by molar-refractivity contribution is -0.154. The second-order valence-electron chi connectivity index (χ2n) is 4.47. The molecule has 3 nitrogen and oxygen atoms in total. The standard InChI is InChI=1S/C13H11ClO3/c14-9-4-1-3-8(7-9)10-11(15)13(5-2-6-13)17-12(10)16/h1,3-4,7,15H,2,5-6H2. The maximum absolute atomic E-state index is 11.8. The zero-order valence-electron chi connectivity index (χ0n) is 9.07. The van der Waals surface area contributed by atoms with E-state index in [-0.39, 0.29) is 11.3 Å². The third kappa shape index (κ3) is 1.46. The number of carbonyl (C=O) groups excluding carboxylic acids is 1. The van der Waals surface area contributed by atoms with Crippen molar-refractivity contribution in [3.8, 4) is 0 Å². The minimum Gasteiger partial charge on any atom is -0.507 e. The maximum Gasteiger partial charge on any atom is 0.343 e. The number of aliphatic hydroxyl groups excluding tert-OH is 1. The molecule has 1 N–H and O–H groups in total. The zero-order chi connectivity index (χ0) is 12.0. The number of aliphatic hydroxyl groups is 1. The molecule has 0 radical (unpaired) electrons. The van der Waals surface area contributed by atoms with Crippen LogP contribution in [0.2, 0.25) is 5.02 Å². The van der Waals surface area contributed by atoms with Crippen molar-refractivity contribution in [2.45, 2.75) is 24.9 Å². The van der Waals surface area contributed by atoms with Crippen molar-refractivity contribution in [2.75, 3.05) is 0 Å². The van der Waals surface area contributed by atoms with Gasteiger partial charge >= 0.3 is 5.97 Å². The van der Waals surface area contributed by atoms with Gasteiger partial charge in [-0.25, -0.2) is 4.79 Å². The Labute approximate surface area is 104 Å². The zero-order valence-corrected chi connectivity index (χ0v) is 9.83. The quantitative estimate of drug-likeness (QED) is 0.779. The minimum absolute atomic E-state index is 0.0658. The van der Waals surface area contributed by atoms with Gasteiger partial charge in [-0.1, -0.05) is 23.7 Å². The lowest BCUT2D eigenvalue weighted by atomic mass is 9.78. The van der Waals surface area contributed by atoms with Crippen LogP contribution in [0.25, 0.3) is 5.57 Å². The third-order valence-electron chi connectivity index (χ3n) is 3.44.